The number of hydrogen-bond donors (Lipinski definition) is 6. The molecule has 4 aliphatic carbocycles. The van der Waals surface area contributed by atoms with E-state index in [1.807, 2.05) is 6.92 Å². The minimum atomic E-state index is -2.38. The number of benzene rings is 1. The van der Waals surface area contributed by atoms with Crippen molar-refractivity contribution in [2.24, 2.45) is 40.2 Å². The number of nitrogens with two attached hydrogens (primary N) is 1. The Morgan fingerprint density at radius 3 is 2.33 bits per heavy atom. The van der Waals surface area contributed by atoms with E-state index >= 15 is 8.78 Å². The Morgan fingerprint density at radius 2 is 1.66 bits per heavy atom. The van der Waals surface area contributed by atoms with Crippen molar-refractivity contribution in [3.05, 3.63) is 65.8 Å². The number of anilines is 1. The summed E-state index contributed by atoms with van der Waals surface area (Å²) in [6.45, 7) is 8.31. The predicted octanol–water partition coefficient (Wildman–Crippen LogP) is 5.28. The van der Waals surface area contributed by atoms with Crippen molar-refractivity contribution in [3.63, 3.8) is 0 Å². The molecule has 12 atom stereocenters. The number of imide groups is 1. The lowest BCUT2D eigenvalue weighted by Gasteiger charge is -2.63. The topological polar surface area (TPSA) is 279 Å². The zero-order valence-corrected chi connectivity index (χ0v) is 43.8. The number of aliphatic hydroxyl groups excluding tert-OH is 1. The number of amides is 7. The van der Waals surface area contributed by atoms with Crippen LogP contribution in [0.4, 0.5) is 24.1 Å². The summed E-state index contributed by atoms with van der Waals surface area (Å²) in [7, 11) is 0. The van der Waals surface area contributed by atoms with Gasteiger partial charge in [-0.3, -0.25) is 38.5 Å². The molecule has 4 fully saturated rings. The molecule has 3 saturated carbocycles. The molecule has 1 unspecified atom stereocenters. The minimum Gasteiger partial charge on any atom is -0.441 e. The summed E-state index contributed by atoms with van der Waals surface area (Å²) in [5.74, 6) is -5.97. The van der Waals surface area contributed by atoms with Gasteiger partial charge in [-0.2, -0.15) is 0 Å². The second-order valence-electron chi connectivity index (χ2n) is 21.9. The number of unbranched alkanes of at least 4 members (excludes halogenated alkanes) is 2. The van der Waals surface area contributed by atoms with Crippen molar-refractivity contribution >= 4 is 58.8 Å². The number of alkyl halides is 2. The summed E-state index contributed by atoms with van der Waals surface area (Å²) in [6.07, 6.45) is 2.70. The molecule has 0 radical (unpaired) electrons. The number of primary amides is 1. The third-order valence-electron chi connectivity index (χ3n) is 16.7. The summed E-state index contributed by atoms with van der Waals surface area (Å²) in [4.78, 5) is 117. The van der Waals surface area contributed by atoms with Crippen LogP contribution < -0.4 is 27.0 Å². The highest BCUT2D eigenvalue weighted by Crippen LogP contribution is 2.72. The molecule has 21 heteroatoms. The number of allylic oxidation sites excluding steroid dienone is 4. The number of rotatable bonds is 24. The largest absolute Gasteiger partial charge is 0.441 e. The lowest BCUT2D eigenvalue weighted by Crippen LogP contribution is -2.71. The maximum absolute atomic E-state index is 17.9. The van der Waals surface area contributed by atoms with Crippen LogP contribution in [0.15, 0.2) is 60.2 Å². The molecular weight excluding hydrogens is 991 g/mol. The number of carbonyl (C=O) groups is 9. The van der Waals surface area contributed by atoms with Gasteiger partial charge in [-0.1, -0.05) is 58.7 Å². The molecule has 414 valence electrons. The number of alkyl carbamates (subject to hydrolysis) is 1. The van der Waals surface area contributed by atoms with E-state index in [0.29, 0.717) is 49.8 Å². The zero-order valence-electron chi connectivity index (χ0n) is 43.8. The summed E-state index contributed by atoms with van der Waals surface area (Å²) in [5, 5.41) is 22.6. The summed E-state index contributed by atoms with van der Waals surface area (Å²) in [6, 6.07) is 4.83. The standard InChI is InChI=1S/C55H72F2N6O13/c1-6-11-47-75-43-27-36-37-26-39(56)38-25-35(64)20-21-52(38,4)54(37,57)41(66)28-53(36,5)55(43,76-47)42(67)30-74-51(73)60-29-32-14-16-34(17-15-32)61-49(71)33(12-10-22-59-50(58)72)24-40(65)48(31(2)3)62-44(68)13-8-7-9-23-63-45(69)18-19-46(63)70/h14-21,25,31,33,36-37,39,41,43,47-48,66H,6-13,22-24,26-30H2,1-5H3,(H,60,73)(H,61,71)(H,62,68)(H3,58,59,72)/t33-,36+,37+,39+,41+,43-,47?,48+,52+,53+,54+,55-/m1/s1. The van der Waals surface area contributed by atoms with E-state index < -0.39 is 107 Å². The van der Waals surface area contributed by atoms with E-state index in [4.69, 9.17) is 19.9 Å². The van der Waals surface area contributed by atoms with Gasteiger partial charge >= 0.3 is 12.1 Å². The van der Waals surface area contributed by atoms with Crippen LogP contribution in [-0.4, -0.2) is 125 Å². The SMILES string of the molecule is CCCC1O[C@@H]2C[C@H]3[C@@H]4C[C@H](F)C5=CC(=O)C=C[C@]5(C)[C@@]4(F)[C@@H](O)C[C@]3(C)[C@]2(C(=O)COC(=O)NCc2ccc(NC(=O)[C@H](CCCNC(N)=O)CC(=O)[C@@H](NC(=O)CCCCCN3C(=O)C=CC3=O)C(C)C)cc2)O1. The van der Waals surface area contributed by atoms with E-state index in [1.54, 1.807) is 45.0 Å². The van der Waals surface area contributed by atoms with Gasteiger partial charge in [-0.25, -0.2) is 18.4 Å². The summed E-state index contributed by atoms with van der Waals surface area (Å²) < 4.78 is 52.3. The number of ether oxygens (including phenoxy) is 3. The molecular formula is C55H72F2N6O13. The minimum absolute atomic E-state index is 0.0165. The lowest BCUT2D eigenvalue weighted by atomic mass is 9.44. The van der Waals surface area contributed by atoms with Gasteiger partial charge < -0.3 is 46.3 Å². The smallest absolute Gasteiger partial charge is 0.407 e. The normalized spacial score (nSPS) is 30.9. The van der Waals surface area contributed by atoms with Crippen LogP contribution in [0.2, 0.25) is 0 Å². The molecule has 19 nitrogen and oxygen atoms in total. The number of halogens is 2. The Kier molecular flexibility index (Phi) is 17.9. The molecule has 0 spiro atoms. The maximum atomic E-state index is 17.9. The van der Waals surface area contributed by atoms with Crippen LogP contribution in [0.25, 0.3) is 0 Å². The van der Waals surface area contributed by atoms with Crippen LogP contribution in [0.1, 0.15) is 117 Å². The van der Waals surface area contributed by atoms with Crippen molar-refractivity contribution in [1.82, 2.24) is 20.9 Å². The van der Waals surface area contributed by atoms with Crippen LogP contribution >= 0.6 is 0 Å². The maximum Gasteiger partial charge on any atom is 0.407 e. The molecule has 0 bridgehead atoms. The zero-order chi connectivity index (χ0) is 55.3. The van der Waals surface area contributed by atoms with Gasteiger partial charge in [-0.15, -0.1) is 0 Å². The van der Waals surface area contributed by atoms with Crippen LogP contribution in [0, 0.1) is 34.5 Å². The number of aliphatic hydroxyl groups is 1. The van der Waals surface area contributed by atoms with Gasteiger partial charge in [0.25, 0.3) is 11.8 Å². The molecule has 1 saturated heterocycles. The van der Waals surface area contributed by atoms with E-state index in [0.717, 1.165) is 11.0 Å². The summed E-state index contributed by atoms with van der Waals surface area (Å²) in [5.41, 5.74) is -0.866. The van der Waals surface area contributed by atoms with E-state index in [2.05, 4.69) is 21.3 Å². The number of urea groups is 1. The first-order valence-electron chi connectivity index (χ1n) is 26.5. The van der Waals surface area contributed by atoms with Crippen molar-refractivity contribution in [2.75, 3.05) is 25.0 Å². The van der Waals surface area contributed by atoms with E-state index in [9.17, 15) is 48.3 Å². The second kappa shape index (κ2) is 23.6. The Balaban J connectivity index is 0.931. The number of fused-ring (bicyclic) bond motifs is 7. The van der Waals surface area contributed by atoms with Crippen molar-refractivity contribution < 1.29 is 71.2 Å². The van der Waals surface area contributed by atoms with Crippen molar-refractivity contribution in [2.45, 2.75) is 160 Å². The molecule has 7 amide bonds. The third-order valence-corrected chi connectivity index (χ3v) is 16.7. The molecule has 1 aromatic carbocycles. The highest BCUT2D eigenvalue weighted by Gasteiger charge is 2.80. The third kappa shape index (κ3) is 11.4. The van der Waals surface area contributed by atoms with Gasteiger partial charge in [0.1, 0.15) is 6.17 Å². The van der Waals surface area contributed by atoms with Gasteiger partial charge in [-0.05, 0) is 106 Å². The highest BCUT2D eigenvalue weighted by atomic mass is 19.1. The number of Topliss-reactive ketones (excluding diaryl/α,β-unsaturated/α-hetero) is 2. The molecule has 76 heavy (non-hydrogen) atoms. The van der Waals surface area contributed by atoms with Gasteiger partial charge in [0.05, 0.1) is 18.2 Å². The molecule has 7 rings (SSSR count). The average molecular weight is 1060 g/mol. The Hall–Kier alpha value is -6.19. The Bertz CT molecular complexity index is 2520. The van der Waals surface area contributed by atoms with Crippen LogP contribution in [-0.2, 0) is 54.3 Å². The second-order valence-corrected chi connectivity index (χ2v) is 21.9. The summed E-state index contributed by atoms with van der Waals surface area (Å²) >= 11 is 0. The Labute approximate surface area is 440 Å². The van der Waals surface area contributed by atoms with Crippen LogP contribution in [0.5, 0.6) is 0 Å². The number of carbonyl (C=O) groups excluding carboxylic acids is 9. The number of ketones is 3. The first kappa shape index (κ1) is 57.5. The first-order valence-corrected chi connectivity index (χ1v) is 26.5. The van der Waals surface area contributed by atoms with Gasteiger partial charge in [0.2, 0.25) is 17.6 Å². The fourth-order valence-electron chi connectivity index (χ4n) is 12.8. The van der Waals surface area contributed by atoms with Crippen LogP contribution in [0.3, 0.4) is 0 Å². The van der Waals surface area contributed by atoms with E-state index in [1.165, 1.54) is 31.2 Å². The first-order chi connectivity index (χ1) is 36.0. The average Bonchev–Trinajstić information content (AvgIpc) is 4.19. The fourth-order valence-corrected chi connectivity index (χ4v) is 12.8. The van der Waals surface area contributed by atoms with E-state index in [-0.39, 0.29) is 93.2 Å². The number of nitrogens with one attached hydrogen (secondary N) is 4. The molecule has 0 aromatic heterocycles. The molecule has 6 aliphatic rings. The highest BCUT2D eigenvalue weighted by molar-refractivity contribution is 6.12. The molecule has 2 aliphatic heterocycles. The fraction of sp³-hybridized carbons (Fsp3) is 0.618. The molecule has 2 heterocycles. The predicted molar refractivity (Wildman–Crippen MR) is 271 cm³/mol. The molecule has 1 aromatic rings. The lowest BCUT2D eigenvalue weighted by molar-refractivity contribution is -0.234. The van der Waals surface area contributed by atoms with Gasteiger partial charge in [0.15, 0.2) is 35.7 Å². The quantitative estimate of drug-likeness (QED) is 0.0569. The monoisotopic (exact) mass is 1060 g/mol. The number of hydrogen-bond acceptors (Lipinski definition) is 13. The molecule has 7 N–H and O–H groups in total. The van der Waals surface area contributed by atoms with Gasteiger partial charge in [0, 0.05) is 73.0 Å². The van der Waals surface area contributed by atoms with Crippen molar-refractivity contribution in [1.29, 1.82) is 0 Å². The van der Waals surface area contributed by atoms with Crippen molar-refractivity contribution in [3.8, 4) is 0 Å². The number of nitrogens with zero attached hydrogens (tertiary/aromatic N) is 1. The Morgan fingerprint density at radius 1 is 0.947 bits per heavy atom.